The lowest BCUT2D eigenvalue weighted by Crippen LogP contribution is -2.06. The number of imidazole rings is 1. The first-order valence-electron chi connectivity index (χ1n) is 7.50. The third-order valence-corrected chi connectivity index (χ3v) is 3.56. The molecule has 0 aromatic carbocycles. The number of hydrogen-bond donors (Lipinski definition) is 0. The third kappa shape index (κ3) is 4.58. The molecular formula is C16H25N3. The quantitative estimate of drug-likeness (QED) is 0.622. The van der Waals surface area contributed by atoms with E-state index in [1.807, 2.05) is 12.5 Å². The van der Waals surface area contributed by atoms with Crippen LogP contribution < -0.4 is 0 Å². The molecule has 2 aromatic rings. The van der Waals surface area contributed by atoms with Crippen LogP contribution in [0.5, 0.6) is 0 Å². The molecule has 2 aromatic heterocycles. The van der Waals surface area contributed by atoms with Gasteiger partial charge in [-0.05, 0) is 18.6 Å². The van der Waals surface area contributed by atoms with Gasteiger partial charge in [-0.15, -0.1) is 0 Å². The van der Waals surface area contributed by atoms with Gasteiger partial charge in [-0.2, -0.15) is 0 Å². The highest BCUT2D eigenvalue weighted by molar-refractivity contribution is 5.02. The van der Waals surface area contributed by atoms with Gasteiger partial charge in [0.25, 0.3) is 0 Å². The maximum atomic E-state index is 4.28. The van der Waals surface area contributed by atoms with E-state index in [0.717, 1.165) is 13.1 Å². The highest BCUT2D eigenvalue weighted by Gasteiger charge is 2.02. The van der Waals surface area contributed by atoms with Crippen molar-refractivity contribution in [2.45, 2.75) is 58.5 Å². The van der Waals surface area contributed by atoms with E-state index in [1.165, 1.54) is 44.2 Å². The molecule has 3 heteroatoms. The Morgan fingerprint density at radius 1 is 1.00 bits per heavy atom. The van der Waals surface area contributed by atoms with Crippen LogP contribution >= 0.6 is 0 Å². The molecule has 0 aliphatic rings. The van der Waals surface area contributed by atoms with Gasteiger partial charge in [-0.1, -0.05) is 39.0 Å². The van der Waals surface area contributed by atoms with Crippen molar-refractivity contribution >= 4 is 0 Å². The molecule has 0 saturated heterocycles. The van der Waals surface area contributed by atoms with Gasteiger partial charge < -0.3 is 9.13 Å². The summed E-state index contributed by atoms with van der Waals surface area (Å²) in [5.74, 6) is 0. The SMILES string of the molecule is CCCCCCCCn1cncc1Cn1cccc1. The Morgan fingerprint density at radius 3 is 2.53 bits per heavy atom. The van der Waals surface area contributed by atoms with Gasteiger partial charge in [0.2, 0.25) is 0 Å². The first-order valence-corrected chi connectivity index (χ1v) is 7.50. The second-order valence-electron chi connectivity index (χ2n) is 5.20. The molecule has 0 saturated carbocycles. The monoisotopic (exact) mass is 259 g/mol. The van der Waals surface area contributed by atoms with Crippen LogP contribution in [0.25, 0.3) is 0 Å². The second kappa shape index (κ2) is 7.82. The van der Waals surface area contributed by atoms with Gasteiger partial charge in [0.05, 0.1) is 18.6 Å². The van der Waals surface area contributed by atoms with E-state index >= 15 is 0 Å². The summed E-state index contributed by atoms with van der Waals surface area (Å²) in [5.41, 5.74) is 1.30. The number of hydrogen-bond acceptors (Lipinski definition) is 1. The van der Waals surface area contributed by atoms with E-state index in [9.17, 15) is 0 Å². The molecule has 2 rings (SSSR count). The lowest BCUT2D eigenvalue weighted by atomic mass is 10.1. The lowest BCUT2D eigenvalue weighted by molar-refractivity contribution is 0.543. The van der Waals surface area contributed by atoms with Crippen LogP contribution in [0.1, 0.15) is 51.1 Å². The minimum absolute atomic E-state index is 0.919. The predicted molar refractivity (Wildman–Crippen MR) is 79.1 cm³/mol. The predicted octanol–water partition coefficient (Wildman–Crippen LogP) is 4.09. The van der Waals surface area contributed by atoms with Crippen molar-refractivity contribution in [3.8, 4) is 0 Å². The zero-order chi connectivity index (χ0) is 13.3. The molecule has 0 spiro atoms. The zero-order valence-corrected chi connectivity index (χ0v) is 12.0. The molecule has 104 valence electrons. The van der Waals surface area contributed by atoms with Crippen molar-refractivity contribution in [3.05, 3.63) is 42.7 Å². The van der Waals surface area contributed by atoms with E-state index in [1.54, 1.807) is 0 Å². The Bertz CT molecular complexity index is 442. The fraction of sp³-hybridized carbons (Fsp3) is 0.562. The highest BCUT2D eigenvalue weighted by atomic mass is 15.1. The van der Waals surface area contributed by atoms with E-state index in [4.69, 9.17) is 0 Å². The molecule has 0 radical (unpaired) electrons. The summed E-state index contributed by atoms with van der Waals surface area (Å²) in [6.07, 6.45) is 16.2. The number of nitrogens with zero attached hydrogens (tertiary/aromatic N) is 3. The molecule has 0 aliphatic heterocycles. The van der Waals surface area contributed by atoms with Gasteiger partial charge in [0.1, 0.15) is 0 Å². The molecule has 3 nitrogen and oxygen atoms in total. The first kappa shape index (κ1) is 13.9. The van der Waals surface area contributed by atoms with E-state index in [0.29, 0.717) is 0 Å². The summed E-state index contributed by atoms with van der Waals surface area (Å²) in [4.78, 5) is 4.28. The van der Waals surface area contributed by atoms with Crippen molar-refractivity contribution in [2.24, 2.45) is 0 Å². The molecule has 0 fully saturated rings. The van der Waals surface area contributed by atoms with Crippen LogP contribution in [0.2, 0.25) is 0 Å². The lowest BCUT2D eigenvalue weighted by Gasteiger charge is -2.09. The van der Waals surface area contributed by atoms with E-state index in [2.05, 4.69) is 45.6 Å². The fourth-order valence-corrected chi connectivity index (χ4v) is 2.41. The third-order valence-electron chi connectivity index (χ3n) is 3.56. The summed E-state index contributed by atoms with van der Waals surface area (Å²) >= 11 is 0. The Hall–Kier alpha value is -1.51. The summed E-state index contributed by atoms with van der Waals surface area (Å²) in [6.45, 7) is 4.28. The molecule has 0 aliphatic carbocycles. The summed E-state index contributed by atoms with van der Waals surface area (Å²) in [5, 5.41) is 0. The maximum absolute atomic E-state index is 4.28. The van der Waals surface area contributed by atoms with Crippen molar-refractivity contribution < 1.29 is 0 Å². The largest absolute Gasteiger partial charge is 0.348 e. The number of rotatable bonds is 9. The standard InChI is InChI=1S/C16H25N3/c1-2-3-4-5-6-7-12-19-15-17-13-16(19)14-18-10-8-9-11-18/h8-11,13,15H,2-7,12,14H2,1H3. The average Bonchev–Trinajstić information content (AvgIpc) is 3.06. The van der Waals surface area contributed by atoms with Crippen LogP contribution in [0, 0.1) is 0 Å². The average molecular weight is 259 g/mol. The van der Waals surface area contributed by atoms with Crippen LogP contribution in [0.3, 0.4) is 0 Å². The summed E-state index contributed by atoms with van der Waals surface area (Å²) < 4.78 is 4.48. The number of aryl methyl sites for hydroxylation is 1. The van der Waals surface area contributed by atoms with E-state index in [-0.39, 0.29) is 0 Å². The minimum atomic E-state index is 0.919. The summed E-state index contributed by atoms with van der Waals surface area (Å²) in [7, 11) is 0. The van der Waals surface area contributed by atoms with Crippen molar-refractivity contribution in [2.75, 3.05) is 0 Å². The van der Waals surface area contributed by atoms with Gasteiger partial charge in [-0.3, -0.25) is 0 Å². The van der Waals surface area contributed by atoms with Crippen molar-refractivity contribution in [1.82, 2.24) is 14.1 Å². The van der Waals surface area contributed by atoms with E-state index < -0.39 is 0 Å². The maximum Gasteiger partial charge on any atom is 0.0948 e. The van der Waals surface area contributed by atoms with Gasteiger partial charge in [0.15, 0.2) is 0 Å². The van der Waals surface area contributed by atoms with Crippen molar-refractivity contribution in [3.63, 3.8) is 0 Å². The fourth-order valence-electron chi connectivity index (χ4n) is 2.41. The number of aromatic nitrogens is 3. The molecule has 0 amide bonds. The van der Waals surface area contributed by atoms with Crippen molar-refractivity contribution in [1.29, 1.82) is 0 Å². The molecule has 0 unspecified atom stereocenters. The van der Waals surface area contributed by atoms with Crippen LogP contribution in [0.4, 0.5) is 0 Å². The van der Waals surface area contributed by atoms with Gasteiger partial charge in [0, 0.05) is 25.1 Å². The minimum Gasteiger partial charge on any atom is -0.348 e. The normalized spacial score (nSPS) is 11.0. The number of unbranched alkanes of at least 4 members (excludes halogenated alkanes) is 5. The highest BCUT2D eigenvalue weighted by Crippen LogP contribution is 2.09. The second-order valence-corrected chi connectivity index (χ2v) is 5.20. The Kier molecular flexibility index (Phi) is 5.73. The molecule has 2 heterocycles. The van der Waals surface area contributed by atoms with Gasteiger partial charge >= 0.3 is 0 Å². The molecule has 19 heavy (non-hydrogen) atoms. The van der Waals surface area contributed by atoms with Crippen LogP contribution in [-0.4, -0.2) is 14.1 Å². The molecule has 0 bridgehead atoms. The Morgan fingerprint density at radius 2 is 1.74 bits per heavy atom. The first-order chi connectivity index (χ1) is 9.40. The Balaban J connectivity index is 1.73. The topological polar surface area (TPSA) is 22.8 Å². The summed E-state index contributed by atoms with van der Waals surface area (Å²) in [6, 6.07) is 4.13. The van der Waals surface area contributed by atoms with Gasteiger partial charge in [-0.25, -0.2) is 4.98 Å². The van der Waals surface area contributed by atoms with Crippen LogP contribution in [-0.2, 0) is 13.1 Å². The molecule has 0 N–H and O–H groups in total. The van der Waals surface area contributed by atoms with Crippen LogP contribution in [0.15, 0.2) is 37.1 Å². The molecular weight excluding hydrogens is 234 g/mol. The zero-order valence-electron chi connectivity index (χ0n) is 12.0. The smallest absolute Gasteiger partial charge is 0.0948 e. The Labute approximate surface area is 116 Å². The molecule has 0 atom stereocenters.